The molecule has 1 fully saturated rings. The summed E-state index contributed by atoms with van der Waals surface area (Å²) in [6.07, 6.45) is -3.19. The first-order valence-corrected chi connectivity index (χ1v) is 7.32. The van der Waals surface area contributed by atoms with Gasteiger partial charge in [-0.15, -0.1) is 0 Å². The topological polar surface area (TPSA) is 125 Å². The SMILES string of the molecule is CC(C)CC#Cc1cn([C@@H]2O[C@H](CO)[C@@H](O)[C@H]2O)c(=O)[nH]c1=O. The molecule has 0 radical (unpaired) electrons. The molecule has 0 unspecified atom stereocenters. The average molecular weight is 324 g/mol. The first-order chi connectivity index (χ1) is 10.8. The van der Waals surface area contributed by atoms with E-state index in [4.69, 9.17) is 9.84 Å². The lowest BCUT2D eigenvalue weighted by atomic mass is 10.1. The predicted octanol–water partition coefficient (Wildman–Crippen LogP) is -1.45. The van der Waals surface area contributed by atoms with Crippen molar-refractivity contribution in [2.45, 2.75) is 44.8 Å². The van der Waals surface area contributed by atoms with Gasteiger partial charge in [-0.3, -0.25) is 14.3 Å². The molecular formula is C15H20N2O6. The van der Waals surface area contributed by atoms with E-state index in [-0.39, 0.29) is 5.56 Å². The van der Waals surface area contributed by atoms with Crippen molar-refractivity contribution in [2.24, 2.45) is 5.92 Å². The van der Waals surface area contributed by atoms with Gasteiger partial charge in [0, 0.05) is 12.6 Å². The van der Waals surface area contributed by atoms with Gasteiger partial charge in [0.05, 0.1) is 6.61 Å². The number of aromatic nitrogens is 2. The fourth-order valence-corrected chi connectivity index (χ4v) is 2.22. The summed E-state index contributed by atoms with van der Waals surface area (Å²) in [6.45, 7) is 3.46. The number of ether oxygens (including phenoxy) is 1. The number of hydrogen-bond donors (Lipinski definition) is 4. The fourth-order valence-electron chi connectivity index (χ4n) is 2.22. The number of hydrogen-bond acceptors (Lipinski definition) is 6. The van der Waals surface area contributed by atoms with Crippen LogP contribution in [-0.4, -0.2) is 49.8 Å². The summed E-state index contributed by atoms with van der Waals surface area (Å²) in [5.74, 6) is 5.87. The third kappa shape index (κ3) is 3.71. The van der Waals surface area contributed by atoms with Crippen LogP contribution in [0.1, 0.15) is 32.1 Å². The van der Waals surface area contributed by atoms with Crippen LogP contribution >= 0.6 is 0 Å². The third-order valence-corrected chi connectivity index (χ3v) is 3.49. The minimum atomic E-state index is -1.41. The second-order valence-electron chi connectivity index (χ2n) is 5.84. The van der Waals surface area contributed by atoms with Crippen molar-refractivity contribution in [3.8, 4) is 11.8 Å². The molecule has 1 aromatic heterocycles. The zero-order valence-corrected chi connectivity index (χ0v) is 12.9. The fraction of sp³-hybridized carbons (Fsp3) is 0.600. The molecule has 1 aliphatic heterocycles. The standard InChI is InChI=1S/C15H20N2O6/c1-8(2)4-3-5-9-6-17(15(22)16-13(9)21)14-12(20)11(19)10(7-18)23-14/h6,8,10-12,14,18-20H,4,7H2,1-2H3,(H,16,21,22)/t10-,11-,12-,14-/m1/s1. The van der Waals surface area contributed by atoms with Crippen molar-refractivity contribution in [1.29, 1.82) is 0 Å². The highest BCUT2D eigenvalue weighted by Gasteiger charge is 2.43. The van der Waals surface area contributed by atoms with E-state index >= 15 is 0 Å². The third-order valence-electron chi connectivity index (χ3n) is 3.49. The van der Waals surface area contributed by atoms with Crippen LogP contribution in [0.4, 0.5) is 0 Å². The summed E-state index contributed by atoms with van der Waals surface area (Å²) in [6, 6.07) is 0. The number of nitrogens with one attached hydrogen (secondary N) is 1. The lowest BCUT2D eigenvalue weighted by Crippen LogP contribution is -2.38. The highest BCUT2D eigenvalue weighted by atomic mass is 16.6. The van der Waals surface area contributed by atoms with Crippen molar-refractivity contribution in [2.75, 3.05) is 6.61 Å². The van der Waals surface area contributed by atoms with Crippen molar-refractivity contribution in [3.63, 3.8) is 0 Å². The molecule has 2 heterocycles. The van der Waals surface area contributed by atoms with Crippen LogP contribution in [0.15, 0.2) is 15.8 Å². The van der Waals surface area contributed by atoms with Gasteiger partial charge in [-0.05, 0) is 5.92 Å². The van der Waals surface area contributed by atoms with Crippen molar-refractivity contribution < 1.29 is 20.1 Å². The van der Waals surface area contributed by atoms with E-state index in [1.807, 2.05) is 13.8 Å². The van der Waals surface area contributed by atoms with Crippen LogP contribution in [0.3, 0.4) is 0 Å². The summed E-state index contributed by atoms with van der Waals surface area (Å²) >= 11 is 0. The van der Waals surface area contributed by atoms with Gasteiger partial charge in [0.2, 0.25) is 0 Å². The van der Waals surface area contributed by atoms with Gasteiger partial charge in [0.25, 0.3) is 5.56 Å². The lowest BCUT2D eigenvalue weighted by Gasteiger charge is -2.17. The second-order valence-corrected chi connectivity index (χ2v) is 5.84. The molecule has 1 saturated heterocycles. The van der Waals surface area contributed by atoms with Gasteiger partial charge >= 0.3 is 5.69 Å². The number of H-pyrrole nitrogens is 1. The van der Waals surface area contributed by atoms with Crippen molar-refractivity contribution in [3.05, 3.63) is 32.6 Å². The van der Waals surface area contributed by atoms with Gasteiger partial charge in [-0.25, -0.2) is 4.79 Å². The monoisotopic (exact) mass is 324 g/mol. The van der Waals surface area contributed by atoms with E-state index in [0.717, 1.165) is 4.57 Å². The summed E-state index contributed by atoms with van der Waals surface area (Å²) in [5.41, 5.74) is -1.36. The highest BCUT2D eigenvalue weighted by Crippen LogP contribution is 2.27. The molecule has 0 aliphatic carbocycles. The lowest BCUT2D eigenvalue weighted by molar-refractivity contribution is -0.0550. The Morgan fingerprint density at radius 3 is 2.61 bits per heavy atom. The summed E-state index contributed by atoms with van der Waals surface area (Å²) in [4.78, 5) is 25.8. The van der Waals surface area contributed by atoms with E-state index in [2.05, 4.69) is 16.8 Å². The molecule has 1 aliphatic rings. The Morgan fingerprint density at radius 1 is 1.35 bits per heavy atom. The molecule has 0 amide bonds. The maximum Gasteiger partial charge on any atom is 0.330 e. The first-order valence-electron chi connectivity index (χ1n) is 7.32. The Labute approximate surface area is 132 Å². The zero-order chi connectivity index (χ0) is 17.1. The average Bonchev–Trinajstić information content (AvgIpc) is 2.77. The molecule has 126 valence electrons. The number of aliphatic hydroxyl groups is 3. The molecule has 0 bridgehead atoms. The summed E-state index contributed by atoms with van der Waals surface area (Å²) in [7, 11) is 0. The minimum absolute atomic E-state index is 0.0583. The Kier molecular flexibility index (Phi) is 5.38. The van der Waals surface area contributed by atoms with Gasteiger partial charge in [-0.2, -0.15) is 0 Å². The van der Waals surface area contributed by atoms with E-state index in [9.17, 15) is 19.8 Å². The molecule has 4 atom stereocenters. The predicted molar refractivity (Wildman–Crippen MR) is 80.7 cm³/mol. The van der Waals surface area contributed by atoms with E-state index < -0.39 is 42.4 Å². The maximum absolute atomic E-state index is 11.9. The van der Waals surface area contributed by atoms with Crippen molar-refractivity contribution in [1.82, 2.24) is 9.55 Å². The number of rotatable bonds is 3. The molecule has 4 N–H and O–H groups in total. The minimum Gasteiger partial charge on any atom is -0.394 e. The molecule has 1 aromatic rings. The normalized spacial score (nSPS) is 27.0. The van der Waals surface area contributed by atoms with Gasteiger partial charge in [0.15, 0.2) is 6.23 Å². The van der Waals surface area contributed by atoms with Crippen LogP contribution in [0.2, 0.25) is 0 Å². The zero-order valence-electron chi connectivity index (χ0n) is 12.9. The summed E-state index contributed by atoms with van der Waals surface area (Å²) in [5, 5.41) is 28.8. The number of nitrogens with zero attached hydrogens (tertiary/aromatic N) is 1. The van der Waals surface area contributed by atoms with Crippen LogP contribution in [0.5, 0.6) is 0 Å². The van der Waals surface area contributed by atoms with Crippen molar-refractivity contribution >= 4 is 0 Å². The molecule has 0 spiro atoms. The molecule has 0 aromatic carbocycles. The second kappa shape index (κ2) is 7.10. The molecule has 8 heteroatoms. The molecular weight excluding hydrogens is 304 g/mol. The molecule has 0 saturated carbocycles. The van der Waals surface area contributed by atoms with Gasteiger partial charge < -0.3 is 20.1 Å². The maximum atomic E-state index is 11.9. The van der Waals surface area contributed by atoms with E-state index in [1.54, 1.807) is 0 Å². The van der Waals surface area contributed by atoms with E-state index in [1.165, 1.54) is 6.20 Å². The van der Waals surface area contributed by atoms with E-state index in [0.29, 0.717) is 12.3 Å². The summed E-state index contributed by atoms with van der Waals surface area (Å²) < 4.78 is 6.24. The highest BCUT2D eigenvalue weighted by molar-refractivity contribution is 5.29. The Hall–Kier alpha value is -1.92. The number of aromatic amines is 1. The van der Waals surface area contributed by atoms with Gasteiger partial charge in [0.1, 0.15) is 23.9 Å². The Bertz CT molecular complexity index is 726. The molecule has 23 heavy (non-hydrogen) atoms. The first kappa shape index (κ1) is 17.4. The van der Waals surface area contributed by atoms with Crippen LogP contribution < -0.4 is 11.2 Å². The largest absolute Gasteiger partial charge is 0.394 e. The van der Waals surface area contributed by atoms with Crippen LogP contribution in [0.25, 0.3) is 0 Å². The Balaban J connectivity index is 2.38. The smallest absolute Gasteiger partial charge is 0.330 e. The molecule has 2 rings (SSSR count). The quantitative estimate of drug-likeness (QED) is 0.504. The number of aliphatic hydroxyl groups excluding tert-OH is 3. The van der Waals surface area contributed by atoms with Crippen LogP contribution in [-0.2, 0) is 4.74 Å². The van der Waals surface area contributed by atoms with Gasteiger partial charge in [-0.1, -0.05) is 25.7 Å². The Morgan fingerprint density at radius 2 is 2.04 bits per heavy atom. The van der Waals surface area contributed by atoms with Crippen LogP contribution in [0, 0.1) is 17.8 Å². The molecule has 8 nitrogen and oxygen atoms in total.